The molecule has 0 amide bonds. The van der Waals surface area contributed by atoms with Crippen LogP contribution in [0.2, 0.25) is 0 Å². The molecule has 1 rings (SSSR count). The van der Waals surface area contributed by atoms with Crippen LogP contribution < -0.4 is 0 Å². The van der Waals surface area contributed by atoms with Gasteiger partial charge in [-0.25, -0.2) is 0 Å². The highest BCUT2D eigenvalue weighted by Gasteiger charge is 2.33. The maximum atomic E-state index is 12.4. The summed E-state index contributed by atoms with van der Waals surface area (Å²) in [6.07, 6.45) is 20.3. The molecule has 1 aliphatic rings. The molecule has 1 aliphatic heterocycles. The highest BCUT2D eigenvalue weighted by Crippen LogP contribution is 2.32. The van der Waals surface area contributed by atoms with Crippen molar-refractivity contribution in [1.29, 1.82) is 0 Å². The second-order valence-corrected chi connectivity index (χ2v) is 8.09. The predicted molar refractivity (Wildman–Crippen MR) is 103 cm³/mol. The van der Waals surface area contributed by atoms with Gasteiger partial charge in [0, 0.05) is 25.0 Å². The van der Waals surface area contributed by atoms with Gasteiger partial charge in [-0.3, -0.25) is 4.79 Å². The zero-order valence-corrected chi connectivity index (χ0v) is 16.5. The molecule has 1 fully saturated rings. The highest BCUT2D eigenvalue weighted by molar-refractivity contribution is 5.84. The number of hydrogen-bond acceptors (Lipinski definition) is 2. The van der Waals surface area contributed by atoms with Gasteiger partial charge in [0.15, 0.2) is 0 Å². The second-order valence-electron chi connectivity index (χ2n) is 8.09. The van der Waals surface area contributed by atoms with E-state index in [1.807, 2.05) is 0 Å². The van der Waals surface area contributed by atoms with E-state index in [2.05, 4.69) is 13.8 Å². The number of carbonyl (C=O) groups excluding carboxylic acids is 1. The zero-order chi connectivity index (χ0) is 17.5. The summed E-state index contributed by atoms with van der Waals surface area (Å²) in [5.74, 6) is 0.480. The molecule has 1 heterocycles. The van der Waals surface area contributed by atoms with Crippen LogP contribution in [0.5, 0.6) is 0 Å². The zero-order valence-electron chi connectivity index (χ0n) is 16.5. The van der Waals surface area contributed by atoms with Crippen LogP contribution in [0.25, 0.3) is 0 Å². The number of rotatable bonds is 15. The van der Waals surface area contributed by atoms with Crippen molar-refractivity contribution in [2.24, 2.45) is 5.41 Å². The molecule has 2 heteroatoms. The molecule has 0 spiro atoms. The molecule has 0 N–H and O–H groups in total. The van der Waals surface area contributed by atoms with Gasteiger partial charge in [0.05, 0.1) is 0 Å². The third kappa shape index (κ3) is 9.81. The summed E-state index contributed by atoms with van der Waals surface area (Å²) in [5, 5.41) is 0. The molecule has 1 saturated heterocycles. The monoisotopic (exact) mass is 338 g/mol. The maximum Gasteiger partial charge on any atom is 0.138 e. The first-order valence-electron chi connectivity index (χ1n) is 10.8. The maximum absolute atomic E-state index is 12.4. The molecule has 0 aromatic rings. The van der Waals surface area contributed by atoms with E-state index in [9.17, 15) is 4.79 Å². The fourth-order valence-electron chi connectivity index (χ4n) is 3.71. The quantitative estimate of drug-likeness (QED) is 0.305. The van der Waals surface area contributed by atoms with Crippen LogP contribution in [-0.2, 0) is 9.53 Å². The van der Waals surface area contributed by atoms with Gasteiger partial charge in [-0.1, -0.05) is 90.9 Å². The fraction of sp³-hybridized carbons (Fsp3) is 0.955. The molecule has 142 valence electrons. The number of Topliss-reactive ketones (excluding diaryl/α,β-unsaturated/α-hetero) is 1. The minimum absolute atomic E-state index is 0.0879. The Labute approximate surface area is 151 Å². The normalized spacial score (nSPS) is 17.1. The third-order valence-corrected chi connectivity index (χ3v) is 5.78. The lowest BCUT2D eigenvalue weighted by Gasteiger charge is -2.32. The van der Waals surface area contributed by atoms with Crippen molar-refractivity contribution in [3.05, 3.63) is 0 Å². The van der Waals surface area contributed by atoms with Crippen LogP contribution in [0.4, 0.5) is 0 Å². The van der Waals surface area contributed by atoms with E-state index in [0.29, 0.717) is 5.78 Å². The van der Waals surface area contributed by atoms with Crippen LogP contribution in [0.15, 0.2) is 0 Å². The predicted octanol–water partition coefficient (Wildman–Crippen LogP) is 6.85. The van der Waals surface area contributed by atoms with Crippen molar-refractivity contribution in [2.75, 3.05) is 13.2 Å². The topological polar surface area (TPSA) is 26.3 Å². The molecule has 0 bridgehead atoms. The van der Waals surface area contributed by atoms with E-state index in [1.165, 1.54) is 77.0 Å². The Kier molecular flexibility index (Phi) is 12.5. The summed E-state index contributed by atoms with van der Waals surface area (Å²) in [4.78, 5) is 12.4. The van der Waals surface area contributed by atoms with Gasteiger partial charge < -0.3 is 4.74 Å². The lowest BCUT2D eigenvalue weighted by Crippen LogP contribution is -2.34. The molecule has 0 radical (unpaired) electrons. The first-order chi connectivity index (χ1) is 11.7. The Morgan fingerprint density at radius 3 is 1.62 bits per heavy atom. The van der Waals surface area contributed by atoms with Crippen LogP contribution in [-0.4, -0.2) is 19.0 Å². The third-order valence-electron chi connectivity index (χ3n) is 5.78. The van der Waals surface area contributed by atoms with E-state index in [-0.39, 0.29) is 5.41 Å². The van der Waals surface area contributed by atoms with Gasteiger partial charge in [0.25, 0.3) is 0 Å². The standard InChI is InChI=1S/C22H42O2/c1-3-4-5-6-7-8-9-10-11-12-13-14-15-16-21(23)22(2)17-19-24-20-18-22/h3-20H2,1-2H3. The highest BCUT2D eigenvalue weighted by atomic mass is 16.5. The molecule has 0 unspecified atom stereocenters. The number of hydrogen-bond donors (Lipinski definition) is 0. The fourth-order valence-corrected chi connectivity index (χ4v) is 3.71. The summed E-state index contributed by atoms with van der Waals surface area (Å²) >= 11 is 0. The van der Waals surface area contributed by atoms with E-state index in [0.717, 1.165) is 38.9 Å². The van der Waals surface area contributed by atoms with Gasteiger partial charge >= 0.3 is 0 Å². The van der Waals surface area contributed by atoms with Gasteiger partial charge in [0.1, 0.15) is 5.78 Å². The average molecular weight is 339 g/mol. The molecule has 24 heavy (non-hydrogen) atoms. The molecule has 0 aromatic carbocycles. The summed E-state index contributed by atoms with van der Waals surface area (Å²) in [5.41, 5.74) is -0.0879. The average Bonchev–Trinajstić information content (AvgIpc) is 2.59. The minimum atomic E-state index is -0.0879. The Bertz CT molecular complexity index is 305. The number of unbranched alkanes of at least 4 members (excludes halogenated alkanes) is 12. The van der Waals surface area contributed by atoms with E-state index < -0.39 is 0 Å². The first kappa shape index (κ1) is 21.7. The summed E-state index contributed by atoms with van der Waals surface area (Å²) < 4.78 is 5.39. The lowest BCUT2D eigenvalue weighted by molar-refractivity contribution is -0.133. The Morgan fingerprint density at radius 2 is 1.17 bits per heavy atom. The number of ketones is 1. The second kappa shape index (κ2) is 13.9. The summed E-state index contributed by atoms with van der Waals surface area (Å²) in [6.45, 7) is 5.95. The smallest absolute Gasteiger partial charge is 0.138 e. The van der Waals surface area contributed by atoms with Crippen LogP contribution >= 0.6 is 0 Å². The summed E-state index contributed by atoms with van der Waals surface area (Å²) in [6, 6.07) is 0. The molecule has 0 aliphatic carbocycles. The van der Waals surface area contributed by atoms with Gasteiger partial charge in [-0.15, -0.1) is 0 Å². The molecular formula is C22H42O2. The molecule has 0 saturated carbocycles. The molecule has 0 aromatic heterocycles. The number of carbonyl (C=O) groups is 1. The van der Waals surface area contributed by atoms with Crippen LogP contribution in [0, 0.1) is 5.41 Å². The van der Waals surface area contributed by atoms with Gasteiger partial charge in [0.2, 0.25) is 0 Å². The largest absolute Gasteiger partial charge is 0.381 e. The van der Waals surface area contributed by atoms with E-state index in [4.69, 9.17) is 4.74 Å². The molecular weight excluding hydrogens is 296 g/mol. The van der Waals surface area contributed by atoms with Crippen LogP contribution in [0.3, 0.4) is 0 Å². The van der Waals surface area contributed by atoms with E-state index >= 15 is 0 Å². The van der Waals surface area contributed by atoms with Crippen molar-refractivity contribution in [2.45, 2.75) is 117 Å². The Morgan fingerprint density at radius 1 is 0.750 bits per heavy atom. The summed E-state index contributed by atoms with van der Waals surface area (Å²) in [7, 11) is 0. The first-order valence-corrected chi connectivity index (χ1v) is 10.8. The lowest BCUT2D eigenvalue weighted by atomic mass is 9.77. The van der Waals surface area contributed by atoms with Gasteiger partial charge in [-0.2, -0.15) is 0 Å². The SMILES string of the molecule is CCCCCCCCCCCCCCCC(=O)C1(C)CCOCC1. The molecule has 0 atom stereocenters. The Hall–Kier alpha value is -0.370. The molecule has 2 nitrogen and oxygen atoms in total. The van der Waals surface area contributed by atoms with Crippen molar-refractivity contribution in [3.63, 3.8) is 0 Å². The Balaban J connectivity index is 1.84. The van der Waals surface area contributed by atoms with E-state index in [1.54, 1.807) is 0 Å². The van der Waals surface area contributed by atoms with Crippen LogP contribution in [0.1, 0.15) is 117 Å². The number of ether oxygens (including phenoxy) is 1. The van der Waals surface area contributed by atoms with Crippen molar-refractivity contribution >= 4 is 5.78 Å². The van der Waals surface area contributed by atoms with Crippen molar-refractivity contribution < 1.29 is 9.53 Å². The van der Waals surface area contributed by atoms with Gasteiger partial charge in [-0.05, 0) is 19.3 Å². The minimum Gasteiger partial charge on any atom is -0.381 e. The van der Waals surface area contributed by atoms with Crippen molar-refractivity contribution in [1.82, 2.24) is 0 Å². The van der Waals surface area contributed by atoms with Crippen molar-refractivity contribution in [3.8, 4) is 0 Å².